The van der Waals surface area contributed by atoms with Crippen LogP contribution in [0.4, 0.5) is 0 Å². The van der Waals surface area contributed by atoms with Gasteiger partial charge in [0.15, 0.2) is 5.16 Å². The van der Waals surface area contributed by atoms with Crippen molar-refractivity contribution in [3.8, 4) is 0 Å². The maximum Gasteiger partial charge on any atom is 0.194 e. The number of aryl methyl sites for hydroxylation is 2. The van der Waals surface area contributed by atoms with E-state index in [9.17, 15) is 0 Å². The molecule has 0 aliphatic heterocycles. The molecule has 2 aromatic rings. The Labute approximate surface area is 109 Å². The molecule has 0 radical (unpaired) electrons. The first-order valence-electron chi connectivity index (χ1n) is 5.03. The third-order valence-corrected chi connectivity index (χ3v) is 3.48. The summed E-state index contributed by atoms with van der Waals surface area (Å²) in [6, 6.07) is 1.93. The Morgan fingerprint density at radius 3 is 2.35 bits per heavy atom. The quantitative estimate of drug-likeness (QED) is 0.618. The summed E-state index contributed by atoms with van der Waals surface area (Å²) in [6.45, 7) is 5.77. The Bertz CT molecular complexity index is 539. The van der Waals surface area contributed by atoms with Crippen LogP contribution in [0.5, 0.6) is 0 Å². The Kier molecular flexibility index (Phi) is 3.59. The van der Waals surface area contributed by atoms with Gasteiger partial charge in [0.2, 0.25) is 0 Å². The second-order valence-electron chi connectivity index (χ2n) is 3.63. The highest BCUT2D eigenvalue weighted by molar-refractivity contribution is 7.99. The molecule has 2 aromatic heterocycles. The van der Waals surface area contributed by atoms with Crippen molar-refractivity contribution >= 4 is 23.4 Å². The topological polar surface area (TPSA) is 51.6 Å². The summed E-state index contributed by atoms with van der Waals surface area (Å²) in [5, 5.41) is 1.93. The molecule has 0 unspecified atom stereocenters. The molecule has 0 saturated heterocycles. The van der Waals surface area contributed by atoms with Crippen LogP contribution in [0.2, 0.25) is 5.15 Å². The van der Waals surface area contributed by atoms with E-state index in [-0.39, 0.29) is 0 Å². The molecule has 0 N–H and O–H groups in total. The molecule has 0 fully saturated rings. The number of rotatable bonds is 2. The molecule has 0 spiro atoms. The number of hydrogen-bond acceptors (Lipinski definition) is 5. The number of nitrogens with zero attached hydrogens (tertiary/aromatic N) is 4. The lowest BCUT2D eigenvalue weighted by molar-refractivity contribution is 0.894. The molecule has 0 aliphatic carbocycles. The average Bonchev–Trinajstić information content (AvgIpc) is 2.23. The second-order valence-corrected chi connectivity index (χ2v) is 4.94. The molecule has 17 heavy (non-hydrogen) atoms. The SMILES string of the molecule is Cc1cc(C)nc(Sc2ncnc(Cl)c2C)n1. The van der Waals surface area contributed by atoms with Crippen molar-refractivity contribution in [3.05, 3.63) is 34.5 Å². The molecule has 4 nitrogen and oxygen atoms in total. The van der Waals surface area contributed by atoms with Crippen molar-refractivity contribution in [2.24, 2.45) is 0 Å². The Hall–Kier alpha value is -1.20. The van der Waals surface area contributed by atoms with Crippen molar-refractivity contribution in [2.45, 2.75) is 31.0 Å². The van der Waals surface area contributed by atoms with Gasteiger partial charge in [-0.25, -0.2) is 19.9 Å². The Morgan fingerprint density at radius 1 is 1.06 bits per heavy atom. The first-order chi connectivity index (χ1) is 8.06. The lowest BCUT2D eigenvalue weighted by Crippen LogP contribution is -1.95. The van der Waals surface area contributed by atoms with E-state index in [4.69, 9.17) is 11.6 Å². The van der Waals surface area contributed by atoms with E-state index in [0.717, 1.165) is 22.0 Å². The highest BCUT2D eigenvalue weighted by atomic mass is 35.5. The Morgan fingerprint density at radius 2 is 1.71 bits per heavy atom. The standard InChI is InChI=1S/C11H11ClN4S/c1-6-4-7(2)16-11(15-6)17-10-8(3)9(12)13-5-14-10/h4-5H,1-3H3. The van der Waals surface area contributed by atoms with Gasteiger partial charge in [0.05, 0.1) is 0 Å². The van der Waals surface area contributed by atoms with Crippen LogP contribution in [-0.4, -0.2) is 19.9 Å². The maximum absolute atomic E-state index is 5.94. The van der Waals surface area contributed by atoms with Crippen LogP contribution in [0.15, 0.2) is 22.6 Å². The molecule has 2 heterocycles. The minimum atomic E-state index is 0.465. The van der Waals surface area contributed by atoms with Crippen molar-refractivity contribution < 1.29 is 0 Å². The third kappa shape index (κ3) is 2.92. The summed E-state index contributed by atoms with van der Waals surface area (Å²) in [5.74, 6) is 0. The number of aromatic nitrogens is 4. The Balaban J connectivity index is 2.34. The summed E-state index contributed by atoms with van der Waals surface area (Å²) in [7, 11) is 0. The van der Waals surface area contributed by atoms with E-state index in [1.807, 2.05) is 26.8 Å². The third-order valence-electron chi connectivity index (χ3n) is 2.13. The van der Waals surface area contributed by atoms with Crippen LogP contribution in [-0.2, 0) is 0 Å². The van der Waals surface area contributed by atoms with E-state index < -0.39 is 0 Å². The van der Waals surface area contributed by atoms with Crippen molar-refractivity contribution in [1.29, 1.82) is 0 Å². The lowest BCUT2D eigenvalue weighted by atomic mass is 10.4. The zero-order chi connectivity index (χ0) is 12.4. The summed E-state index contributed by atoms with van der Waals surface area (Å²) < 4.78 is 0. The van der Waals surface area contributed by atoms with Gasteiger partial charge in [-0.15, -0.1) is 0 Å². The molecule has 0 atom stereocenters. The molecule has 0 aliphatic rings. The minimum absolute atomic E-state index is 0.465. The fraction of sp³-hybridized carbons (Fsp3) is 0.273. The highest BCUT2D eigenvalue weighted by Crippen LogP contribution is 2.28. The van der Waals surface area contributed by atoms with Gasteiger partial charge in [-0.3, -0.25) is 0 Å². The monoisotopic (exact) mass is 266 g/mol. The number of hydrogen-bond donors (Lipinski definition) is 0. The fourth-order valence-electron chi connectivity index (χ4n) is 1.34. The maximum atomic E-state index is 5.94. The van der Waals surface area contributed by atoms with Crippen LogP contribution >= 0.6 is 23.4 Å². The van der Waals surface area contributed by atoms with Gasteiger partial charge in [0, 0.05) is 17.0 Å². The summed E-state index contributed by atoms with van der Waals surface area (Å²) >= 11 is 7.34. The van der Waals surface area contributed by atoms with Crippen LogP contribution in [0, 0.1) is 20.8 Å². The molecule has 88 valence electrons. The van der Waals surface area contributed by atoms with Gasteiger partial charge in [-0.1, -0.05) is 11.6 Å². The van der Waals surface area contributed by atoms with E-state index in [0.29, 0.717) is 10.3 Å². The van der Waals surface area contributed by atoms with Gasteiger partial charge in [0.1, 0.15) is 16.5 Å². The number of halogens is 1. The molecular formula is C11H11ClN4S. The van der Waals surface area contributed by atoms with Crippen LogP contribution < -0.4 is 0 Å². The first-order valence-corrected chi connectivity index (χ1v) is 6.23. The zero-order valence-electron chi connectivity index (χ0n) is 9.73. The largest absolute Gasteiger partial charge is 0.229 e. The lowest BCUT2D eigenvalue weighted by Gasteiger charge is -2.05. The van der Waals surface area contributed by atoms with Gasteiger partial charge < -0.3 is 0 Å². The molecule has 6 heteroatoms. The van der Waals surface area contributed by atoms with Gasteiger partial charge in [-0.05, 0) is 38.6 Å². The van der Waals surface area contributed by atoms with Gasteiger partial charge in [0.25, 0.3) is 0 Å². The summed E-state index contributed by atoms with van der Waals surface area (Å²) in [5.41, 5.74) is 2.73. The van der Waals surface area contributed by atoms with E-state index >= 15 is 0 Å². The molecule has 0 aromatic carbocycles. The van der Waals surface area contributed by atoms with Gasteiger partial charge in [-0.2, -0.15) is 0 Å². The predicted molar refractivity (Wildman–Crippen MR) is 67.4 cm³/mol. The molecule has 2 rings (SSSR count). The molecule has 0 amide bonds. The van der Waals surface area contributed by atoms with Gasteiger partial charge >= 0.3 is 0 Å². The highest BCUT2D eigenvalue weighted by Gasteiger charge is 2.09. The van der Waals surface area contributed by atoms with E-state index in [1.54, 1.807) is 0 Å². The predicted octanol–water partition coefficient (Wildman–Crippen LogP) is 3.00. The van der Waals surface area contributed by atoms with Crippen molar-refractivity contribution in [1.82, 2.24) is 19.9 Å². The van der Waals surface area contributed by atoms with Crippen LogP contribution in [0.3, 0.4) is 0 Å². The summed E-state index contributed by atoms with van der Waals surface area (Å²) in [6.07, 6.45) is 1.44. The zero-order valence-corrected chi connectivity index (χ0v) is 11.3. The molecular weight excluding hydrogens is 256 g/mol. The van der Waals surface area contributed by atoms with Crippen LogP contribution in [0.1, 0.15) is 17.0 Å². The van der Waals surface area contributed by atoms with E-state index in [1.165, 1.54) is 18.1 Å². The fourth-order valence-corrected chi connectivity index (χ4v) is 2.43. The molecule has 0 saturated carbocycles. The van der Waals surface area contributed by atoms with Crippen LogP contribution in [0.25, 0.3) is 0 Å². The first kappa shape index (κ1) is 12.3. The average molecular weight is 267 g/mol. The smallest absolute Gasteiger partial charge is 0.194 e. The van der Waals surface area contributed by atoms with Crippen molar-refractivity contribution in [2.75, 3.05) is 0 Å². The van der Waals surface area contributed by atoms with Crippen molar-refractivity contribution in [3.63, 3.8) is 0 Å². The normalized spacial score (nSPS) is 10.6. The second kappa shape index (κ2) is 4.98. The molecule has 0 bridgehead atoms. The van der Waals surface area contributed by atoms with E-state index in [2.05, 4.69) is 19.9 Å². The minimum Gasteiger partial charge on any atom is -0.229 e. The summed E-state index contributed by atoms with van der Waals surface area (Å²) in [4.78, 5) is 16.8.